The number of nitrogens with one attached hydrogen (secondary N) is 2. The highest BCUT2D eigenvalue weighted by molar-refractivity contribution is 7.13. The number of esters is 1. The van der Waals surface area contributed by atoms with Crippen molar-refractivity contribution < 1.29 is 38.9 Å². The molecule has 61 heavy (non-hydrogen) atoms. The highest BCUT2D eigenvalue weighted by Gasteiger charge is 2.71. The fourth-order valence-corrected chi connectivity index (χ4v) is 15.8. The summed E-state index contributed by atoms with van der Waals surface area (Å²) in [6.07, 6.45) is 6.57. The third-order valence-corrected chi connectivity index (χ3v) is 19.8. The fraction of sp³-hybridized carbons (Fsp3) is 0.796. The summed E-state index contributed by atoms with van der Waals surface area (Å²) >= 11 is 1.29. The number of carboxylic acids is 1. The number of thiazole rings is 1. The number of aliphatic carboxylic acids is 1. The molecular weight excluding hydrogens is 791 g/mol. The lowest BCUT2D eigenvalue weighted by Crippen LogP contribution is -2.66. The fourth-order valence-electron chi connectivity index (χ4n) is 15.0. The number of nitrogens with zero attached hydrogens (tertiary/aromatic N) is 1. The van der Waals surface area contributed by atoms with Gasteiger partial charge in [-0.1, -0.05) is 67.9 Å². The molecule has 6 aliphatic rings. The van der Waals surface area contributed by atoms with Crippen LogP contribution in [0.3, 0.4) is 0 Å². The van der Waals surface area contributed by atoms with Crippen molar-refractivity contribution in [2.75, 3.05) is 6.54 Å². The zero-order chi connectivity index (χ0) is 45.2. The maximum Gasteiger partial charge on any atom is 0.309 e. The molecule has 0 aromatic carbocycles. The molecule has 0 spiro atoms. The Hall–Kier alpha value is -3.12. The number of carboxylic acid groups (broad SMARTS) is 1. The van der Waals surface area contributed by atoms with Gasteiger partial charge in [0.2, 0.25) is 5.91 Å². The number of aromatic nitrogens is 1. The molecule has 1 heterocycles. The number of ketones is 1. The van der Waals surface area contributed by atoms with Crippen LogP contribution in [0.1, 0.15) is 161 Å². The van der Waals surface area contributed by atoms with Crippen LogP contribution in [0, 0.1) is 81.8 Å². The molecule has 0 saturated heterocycles. The summed E-state index contributed by atoms with van der Waals surface area (Å²) in [7, 11) is 0. The summed E-state index contributed by atoms with van der Waals surface area (Å²) in [6.45, 7) is 26.9. The van der Waals surface area contributed by atoms with E-state index in [1.165, 1.54) is 11.3 Å². The molecule has 5 fully saturated rings. The summed E-state index contributed by atoms with van der Waals surface area (Å²) < 4.78 is 6.41. The Kier molecular flexibility index (Phi) is 11.3. The first-order valence-electron chi connectivity index (χ1n) is 23.0. The number of rotatable bonds is 10. The topological polar surface area (TPSA) is 172 Å². The van der Waals surface area contributed by atoms with Crippen LogP contribution >= 0.6 is 11.3 Å². The van der Waals surface area contributed by atoms with Crippen molar-refractivity contribution in [3.05, 3.63) is 26.7 Å². The van der Waals surface area contributed by atoms with Gasteiger partial charge in [-0.2, -0.15) is 0 Å². The summed E-state index contributed by atoms with van der Waals surface area (Å²) in [5.41, 5.74) is -0.447. The molecule has 6 aliphatic carbocycles. The molecule has 1 aromatic rings. The molecule has 0 aliphatic heterocycles. The number of fused-ring (bicyclic) bond motifs is 7. The van der Waals surface area contributed by atoms with E-state index in [1.807, 2.05) is 20.8 Å². The lowest BCUT2D eigenvalue weighted by atomic mass is 9.33. The van der Waals surface area contributed by atoms with Gasteiger partial charge in [0.15, 0.2) is 5.78 Å². The molecule has 11 atom stereocenters. The Bertz CT molecular complexity index is 2050. The van der Waals surface area contributed by atoms with E-state index in [0.29, 0.717) is 35.2 Å². The molecule has 7 rings (SSSR count). The van der Waals surface area contributed by atoms with Gasteiger partial charge in [-0.05, 0) is 136 Å². The monoisotopic (exact) mass is 864 g/mol. The van der Waals surface area contributed by atoms with E-state index in [-0.39, 0.29) is 70.2 Å². The zero-order valence-corrected chi connectivity index (χ0v) is 39.9. The number of allylic oxidation sites excluding steroid dienone is 1. The van der Waals surface area contributed by atoms with Crippen LogP contribution < -0.4 is 10.6 Å². The van der Waals surface area contributed by atoms with Gasteiger partial charge in [0.1, 0.15) is 16.5 Å². The van der Waals surface area contributed by atoms with Crippen molar-refractivity contribution in [1.29, 1.82) is 0 Å². The van der Waals surface area contributed by atoms with Crippen molar-refractivity contribution in [3.8, 4) is 0 Å². The second kappa shape index (κ2) is 15.0. The first-order valence-corrected chi connectivity index (χ1v) is 23.9. The second-order valence-corrected chi connectivity index (χ2v) is 24.3. The van der Waals surface area contributed by atoms with Gasteiger partial charge in [-0.3, -0.25) is 24.0 Å². The third-order valence-electron chi connectivity index (χ3n) is 18.7. The molecule has 0 unspecified atom stereocenters. The van der Waals surface area contributed by atoms with Crippen molar-refractivity contribution in [1.82, 2.24) is 15.6 Å². The van der Waals surface area contributed by atoms with Gasteiger partial charge in [0.05, 0.1) is 28.6 Å². The first-order chi connectivity index (χ1) is 28.1. The average Bonchev–Trinajstić information content (AvgIpc) is 3.66. The molecule has 1 aromatic heterocycles. The molecule has 12 heteroatoms. The lowest BCUT2D eigenvalue weighted by Gasteiger charge is -2.72. The van der Waals surface area contributed by atoms with Crippen LogP contribution in [0.25, 0.3) is 0 Å². The van der Waals surface area contributed by atoms with Crippen LogP contribution in [0.2, 0.25) is 0 Å². The maximum atomic E-state index is 14.2. The van der Waals surface area contributed by atoms with Crippen LogP contribution in [0.5, 0.6) is 0 Å². The van der Waals surface area contributed by atoms with E-state index in [9.17, 15) is 34.2 Å². The van der Waals surface area contributed by atoms with Crippen molar-refractivity contribution in [2.24, 2.45) is 68.0 Å². The standard InChI is InChI=1S/C49H73N3O8S/c1-25(2)36-31(53)23-49(34(54)24-50-42(59)45(9,10)52-39(55)38-26(3)51-27(4)61-38)21-20-47(12)28(37(36)49)14-15-33-46(11)18-17-35(44(7,8)32(46)16-19-48(33,47)13)60-41(58)30-22-29(40(56)57)43(30,5)6/h25,28-30,32-35,54H,14-24H2,1-13H3,(H,50,59)(H,52,55)(H,56,57)/t28-,29+,30-,32+,33-,34+,35+,46+,47-,48-,49+/m1/s1. The molecular formula is C49H73N3O8S. The van der Waals surface area contributed by atoms with Crippen molar-refractivity contribution in [2.45, 2.75) is 172 Å². The maximum absolute atomic E-state index is 14.2. The van der Waals surface area contributed by atoms with Crippen LogP contribution in [-0.2, 0) is 23.9 Å². The van der Waals surface area contributed by atoms with Gasteiger partial charge in [-0.25, -0.2) is 4.98 Å². The van der Waals surface area contributed by atoms with Gasteiger partial charge in [0.25, 0.3) is 5.91 Å². The summed E-state index contributed by atoms with van der Waals surface area (Å²) in [5.74, 6) is -1.83. The van der Waals surface area contributed by atoms with Crippen LogP contribution in [0.4, 0.5) is 0 Å². The van der Waals surface area contributed by atoms with E-state index < -0.39 is 46.2 Å². The number of ether oxygens (including phenoxy) is 1. The predicted molar refractivity (Wildman–Crippen MR) is 234 cm³/mol. The molecule has 0 bridgehead atoms. The lowest BCUT2D eigenvalue weighted by molar-refractivity contribution is -0.238. The van der Waals surface area contributed by atoms with E-state index in [4.69, 9.17) is 4.74 Å². The van der Waals surface area contributed by atoms with Crippen molar-refractivity contribution >= 4 is 40.9 Å². The second-order valence-electron chi connectivity index (χ2n) is 23.1. The minimum absolute atomic E-state index is 0.000378. The number of hydrogen-bond donors (Lipinski definition) is 4. The molecule has 338 valence electrons. The van der Waals surface area contributed by atoms with E-state index in [1.54, 1.807) is 20.8 Å². The van der Waals surface area contributed by atoms with Gasteiger partial charge in [0, 0.05) is 23.8 Å². The Morgan fingerprint density at radius 2 is 1.56 bits per heavy atom. The molecule has 0 radical (unpaired) electrons. The molecule has 4 N–H and O–H groups in total. The van der Waals surface area contributed by atoms with Crippen LogP contribution in [-0.4, -0.2) is 69.0 Å². The number of carbonyl (C=O) groups excluding carboxylic acids is 4. The highest BCUT2D eigenvalue weighted by atomic mass is 32.1. The summed E-state index contributed by atoms with van der Waals surface area (Å²) in [6, 6.07) is 0. The van der Waals surface area contributed by atoms with Gasteiger partial charge < -0.3 is 25.6 Å². The smallest absolute Gasteiger partial charge is 0.309 e. The minimum atomic E-state index is -1.26. The highest BCUT2D eigenvalue weighted by Crippen LogP contribution is 2.77. The quantitative estimate of drug-likeness (QED) is 0.169. The number of aliphatic hydroxyl groups excluding tert-OH is 1. The third kappa shape index (κ3) is 6.79. The number of aryl methyl sites for hydroxylation is 2. The molecule has 2 amide bonds. The van der Waals surface area contributed by atoms with Crippen molar-refractivity contribution in [3.63, 3.8) is 0 Å². The predicted octanol–water partition coefficient (Wildman–Crippen LogP) is 8.38. The Labute approximate surface area is 367 Å². The Morgan fingerprint density at radius 1 is 0.885 bits per heavy atom. The number of carbonyl (C=O) groups is 5. The number of hydrogen-bond acceptors (Lipinski definition) is 9. The zero-order valence-electron chi connectivity index (χ0n) is 39.1. The number of amides is 2. The Morgan fingerprint density at radius 3 is 2.15 bits per heavy atom. The average molecular weight is 864 g/mol. The van der Waals surface area contributed by atoms with E-state index in [0.717, 1.165) is 61.1 Å². The van der Waals surface area contributed by atoms with Crippen LogP contribution in [0.15, 0.2) is 11.1 Å². The van der Waals surface area contributed by atoms with Gasteiger partial charge in [-0.15, -0.1) is 11.3 Å². The van der Waals surface area contributed by atoms with Gasteiger partial charge >= 0.3 is 11.9 Å². The largest absolute Gasteiger partial charge is 0.481 e. The molecule has 5 saturated carbocycles. The van der Waals surface area contributed by atoms with E-state index in [2.05, 4.69) is 64.1 Å². The number of aliphatic hydroxyl groups is 1. The number of Topliss-reactive ketones (excluding diaryl/α,β-unsaturated/α-hetero) is 1. The minimum Gasteiger partial charge on any atom is -0.481 e. The normalized spacial score (nSPS) is 38.0. The molecule has 11 nitrogen and oxygen atoms in total. The Balaban J connectivity index is 1.10. The SMILES string of the molecule is Cc1nc(C)c(C(=O)NC(C)(C)C(=O)NC[C@H](O)[C@@]23CC[C@]4(C)[C@H](CC[C@@H]5[C@@]6(C)CC[C@H](OC(=O)[C@H]7C[C@@H](C(=O)O)C7(C)C)C(C)(C)[C@@H]6CC[C@]54C)C2=C(C(C)C)C(=O)C3)s1. The summed E-state index contributed by atoms with van der Waals surface area (Å²) in [5, 5.41) is 28.6. The first kappa shape index (κ1) is 45.9. The van der Waals surface area contributed by atoms with E-state index >= 15 is 0 Å². The summed E-state index contributed by atoms with van der Waals surface area (Å²) in [4.78, 5) is 71.4.